The van der Waals surface area contributed by atoms with Crippen molar-refractivity contribution in [2.75, 3.05) is 13.6 Å². The van der Waals surface area contributed by atoms with E-state index in [1.54, 1.807) is 41.1 Å². The molecule has 1 fully saturated rings. The lowest BCUT2D eigenvalue weighted by molar-refractivity contribution is -0.122. The molecule has 0 radical (unpaired) electrons. The minimum Gasteiger partial charge on any atom is -0.487 e. The van der Waals surface area contributed by atoms with Crippen LogP contribution in [-0.2, 0) is 11.4 Å². The maximum atomic E-state index is 12.5. The molecule has 1 amide bonds. The van der Waals surface area contributed by atoms with Gasteiger partial charge in [0.2, 0.25) is 0 Å². The minimum absolute atomic E-state index is 0.125. The average molecular weight is 412 g/mol. The van der Waals surface area contributed by atoms with Gasteiger partial charge in [0.25, 0.3) is 5.91 Å². The van der Waals surface area contributed by atoms with Crippen molar-refractivity contribution in [1.29, 1.82) is 5.26 Å². The van der Waals surface area contributed by atoms with E-state index in [-0.39, 0.29) is 12.5 Å². The summed E-state index contributed by atoms with van der Waals surface area (Å²) in [7, 11) is 1.77. The molecule has 0 N–H and O–H groups in total. The van der Waals surface area contributed by atoms with Crippen molar-refractivity contribution in [3.8, 4) is 11.8 Å². The molecule has 1 aliphatic heterocycles. The lowest BCUT2D eigenvalue weighted by Crippen LogP contribution is -2.30. The van der Waals surface area contributed by atoms with Gasteiger partial charge in [0.05, 0.1) is 16.7 Å². The molecule has 28 heavy (non-hydrogen) atoms. The first kappa shape index (κ1) is 19.9. The molecule has 0 aromatic heterocycles. The van der Waals surface area contributed by atoms with Gasteiger partial charge in [-0.2, -0.15) is 5.26 Å². The van der Waals surface area contributed by atoms with Crippen LogP contribution in [0.5, 0.6) is 5.75 Å². The molecular weight excluding hydrogens is 394 g/mol. The van der Waals surface area contributed by atoms with Crippen LogP contribution in [0.3, 0.4) is 0 Å². The number of hydrogen-bond acceptors (Lipinski definition) is 4. The molecule has 0 spiro atoms. The maximum Gasteiger partial charge on any atom is 0.276 e. The Balaban J connectivity index is 1.79. The molecule has 0 aliphatic carbocycles. The van der Waals surface area contributed by atoms with Crippen molar-refractivity contribution in [3.05, 3.63) is 69.9 Å². The van der Waals surface area contributed by atoms with E-state index in [2.05, 4.69) is 6.07 Å². The highest BCUT2D eigenvalue weighted by Gasteiger charge is 2.34. The molecule has 3 rings (SSSR count). The number of amides is 1. The Kier molecular flexibility index (Phi) is 5.98. The molecule has 0 bridgehead atoms. The monoisotopic (exact) mass is 411 g/mol. The predicted molar refractivity (Wildman–Crippen MR) is 113 cm³/mol. The molecule has 2 aromatic carbocycles. The molecule has 1 heterocycles. The number of hydrogen-bond donors (Lipinski definition) is 0. The summed E-state index contributed by atoms with van der Waals surface area (Å²) in [6.07, 6.45) is 1.75. The maximum absolute atomic E-state index is 12.5. The zero-order chi connectivity index (χ0) is 20.3. The van der Waals surface area contributed by atoms with E-state index in [0.29, 0.717) is 33.7 Å². The number of carbonyl (C=O) groups is 1. The molecule has 5 nitrogen and oxygen atoms in total. The highest BCUT2D eigenvalue weighted by molar-refractivity contribution is 7.80. The Morgan fingerprint density at radius 2 is 2.04 bits per heavy atom. The van der Waals surface area contributed by atoms with Gasteiger partial charge in [0, 0.05) is 19.2 Å². The number of thiocarbonyl (C=S) groups is 1. The van der Waals surface area contributed by atoms with Crippen molar-refractivity contribution in [1.82, 2.24) is 9.80 Å². The predicted octanol–water partition coefficient (Wildman–Crippen LogP) is 4.21. The summed E-state index contributed by atoms with van der Waals surface area (Å²) in [6, 6.07) is 14.7. The second-order valence-electron chi connectivity index (χ2n) is 6.17. The molecule has 1 saturated heterocycles. The fraction of sp³-hybridized carbons (Fsp3) is 0.190. The first-order chi connectivity index (χ1) is 13.5. The van der Waals surface area contributed by atoms with E-state index >= 15 is 0 Å². The van der Waals surface area contributed by atoms with Crippen LogP contribution in [0.1, 0.15) is 23.6 Å². The van der Waals surface area contributed by atoms with Crippen molar-refractivity contribution in [3.63, 3.8) is 0 Å². The molecule has 142 valence electrons. The number of nitriles is 1. The highest BCUT2D eigenvalue weighted by atomic mass is 35.5. The van der Waals surface area contributed by atoms with Crippen molar-refractivity contribution in [2.24, 2.45) is 0 Å². The molecule has 2 aromatic rings. The zero-order valence-electron chi connectivity index (χ0n) is 15.5. The van der Waals surface area contributed by atoms with Crippen LogP contribution >= 0.6 is 23.8 Å². The number of ether oxygens (including phenoxy) is 1. The van der Waals surface area contributed by atoms with E-state index in [4.69, 9.17) is 33.8 Å². The third-order valence-electron chi connectivity index (χ3n) is 4.44. The number of halogens is 1. The van der Waals surface area contributed by atoms with Gasteiger partial charge >= 0.3 is 0 Å². The normalized spacial score (nSPS) is 15.3. The van der Waals surface area contributed by atoms with Crippen LogP contribution in [0.2, 0.25) is 5.02 Å². The van der Waals surface area contributed by atoms with E-state index in [1.807, 2.05) is 31.2 Å². The quantitative estimate of drug-likeness (QED) is 0.545. The Bertz CT molecular complexity index is 1010. The largest absolute Gasteiger partial charge is 0.487 e. The number of nitrogens with zero attached hydrogens (tertiary/aromatic N) is 3. The summed E-state index contributed by atoms with van der Waals surface area (Å²) in [5.41, 5.74) is 2.63. The summed E-state index contributed by atoms with van der Waals surface area (Å²) in [4.78, 5) is 15.7. The summed E-state index contributed by atoms with van der Waals surface area (Å²) in [5.74, 6) is 0.382. The second-order valence-corrected chi connectivity index (χ2v) is 6.94. The van der Waals surface area contributed by atoms with Crippen LogP contribution < -0.4 is 4.74 Å². The lowest BCUT2D eigenvalue weighted by atomic mass is 10.1. The van der Waals surface area contributed by atoms with E-state index < -0.39 is 0 Å². The third-order valence-corrected chi connectivity index (χ3v) is 5.23. The summed E-state index contributed by atoms with van der Waals surface area (Å²) < 4.78 is 5.77. The van der Waals surface area contributed by atoms with Gasteiger partial charge in [-0.15, -0.1) is 0 Å². The van der Waals surface area contributed by atoms with Crippen molar-refractivity contribution >= 4 is 40.9 Å². The van der Waals surface area contributed by atoms with Gasteiger partial charge in [0.15, 0.2) is 5.11 Å². The molecule has 0 unspecified atom stereocenters. The van der Waals surface area contributed by atoms with Gasteiger partial charge < -0.3 is 9.64 Å². The van der Waals surface area contributed by atoms with Gasteiger partial charge in [-0.05, 0) is 49.0 Å². The van der Waals surface area contributed by atoms with Crippen molar-refractivity contribution < 1.29 is 9.53 Å². The van der Waals surface area contributed by atoms with E-state index in [9.17, 15) is 4.79 Å². The van der Waals surface area contributed by atoms with Gasteiger partial charge in [-0.3, -0.25) is 9.69 Å². The van der Waals surface area contributed by atoms with Gasteiger partial charge in [0.1, 0.15) is 18.1 Å². The smallest absolute Gasteiger partial charge is 0.276 e. The number of benzene rings is 2. The second kappa shape index (κ2) is 8.42. The molecule has 0 saturated carbocycles. The van der Waals surface area contributed by atoms with Crippen LogP contribution in [0.25, 0.3) is 6.08 Å². The minimum atomic E-state index is -0.125. The third kappa shape index (κ3) is 3.86. The number of carbonyl (C=O) groups excluding carboxylic acids is 1. The average Bonchev–Trinajstić information content (AvgIpc) is 2.90. The summed E-state index contributed by atoms with van der Waals surface area (Å²) >= 11 is 11.7. The summed E-state index contributed by atoms with van der Waals surface area (Å²) in [6.45, 7) is 2.65. The topological polar surface area (TPSA) is 56.6 Å². The highest BCUT2D eigenvalue weighted by Crippen LogP contribution is 2.29. The van der Waals surface area contributed by atoms with E-state index in [0.717, 1.165) is 11.1 Å². The Morgan fingerprint density at radius 3 is 2.68 bits per heavy atom. The van der Waals surface area contributed by atoms with Crippen LogP contribution in [0.15, 0.2) is 48.2 Å². The molecule has 1 aliphatic rings. The SMILES string of the molecule is CCN1C(=O)/C(=C/c2ccc(OCc3ccccc3C#N)c(Cl)c2)N(C)C1=S. The van der Waals surface area contributed by atoms with E-state index in [1.165, 1.54) is 0 Å². The first-order valence-electron chi connectivity index (χ1n) is 8.67. The first-order valence-corrected chi connectivity index (χ1v) is 9.46. The lowest BCUT2D eigenvalue weighted by Gasteiger charge is -2.13. The standard InChI is InChI=1S/C21H18ClN3O2S/c1-3-25-20(26)18(24(2)21(25)28)11-14-8-9-19(17(22)10-14)27-13-16-7-5-4-6-15(16)12-23/h4-11H,3,13H2,1-2H3/b18-11-. The molecule has 7 heteroatoms. The van der Waals surface area contributed by atoms with Crippen LogP contribution in [0, 0.1) is 11.3 Å². The zero-order valence-corrected chi connectivity index (χ0v) is 17.0. The Labute approximate surface area is 174 Å². The van der Waals surface area contributed by atoms with Crippen LogP contribution in [0.4, 0.5) is 0 Å². The van der Waals surface area contributed by atoms with Gasteiger partial charge in [-0.1, -0.05) is 35.9 Å². The van der Waals surface area contributed by atoms with Gasteiger partial charge in [-0.25, -0.2) is 0 Å². The number of rotatable bonds is 5. The number of likely N-dealkylation sites (N-methyl/N-ethyl adjacent to an activating group) is 2. The molecule has 0 atom stereocenters. The fourth-order valence-electron chi connectivity index (χ4n) is 2.88. The Hall–Kier alpha value is -2.88. The fourth-order valence-corrected chi connectivity index (χ4v) is 3.44. The Morgan fingerprint density at radius 1 is 1.29 bits per heavy atom. The summed E-state index contributed by atoms with van der Waals surface area (Å²) in [5, 5.41) is 10.1. The molecular formula is C21H18ClN3O2S. The van der Waals surface area contributed by atoms with Crippen LogP contribution in [-0.4, -0.2) is 34.4 Å². The van der Waals surface area contributed by atoms with Crippen molar-refractivity contribution in [2.45, 2.75) is 13.5 Å².